The number of hydrogen-bond donors (Lipinski definition) is 0. The Balaban J connectivity index is 3.34. The van der Waals surface area contributed by atoms with Crippen LogP contribution in [0, 0.1) is 18.3 Å². The average Bonchev–Trinajstić information content (AvgIpc) is 2.27. The highest BCUT2D eigenvalue weighted by Crippen LogP contribution is 2.28. The summed E-state index contributed by atoms with van der Waals surface area (Å²) in [7, 11) is 0. The zero-order valence-electron chi connectivity index (χ0n) is 9.46. The number of nitrogens with zero attached hydrogens (tertiary/aromatic N) is 1. The van der Waals surface area contributed by atoms with Crippen LogP contribution in [0.2, 0.25) is 0 Å². The average molecular weight is 239 g/mol. The van der Waals surface area contributed by atoms with Gasteiger partial charge < -0.3 is 4.74 Å². The number of halogens is 2. The maximum Gasteiger partial charge on any atom is 0.338 e. The van der Waals surface area contributed by atoms with Crippen molar-refractivity contribution in [2.24, 2.45) is 0 Å². The molecule has 0 bridgehead atoms. The number of rotatable bonds is 3. The molecule has 0 N–H and O–H groups in total. The molecule has 1 aromatic carbocycles. The molecule has 0 heterocycles. The van der Waals surface area contributed by atoms with Gasteiger partial charge in [-0.3, -0.25) is 0 Å². The number of hydrogen-bond acceptors (Lipinski definition) is 3. The van der Waals surface area contributed by atoms with Gasteiger partial charge in [0.25, 0.3) is 6.43 Å². The Morgan fingerprint density at radius 1 is 1.53 bits per heavy atom. The topological polar surface area (TPSA) is 50.1 Å². The standard InChI is InChI=1S/C12H11F2NO2/c1-3-17-12(16)9-5-4-8(6-15)10(7(9)2)11(13)14/h4-5,11H,3H2,1-2H3. The van der Waals surface area contributed by atoms with Crippen molar-refractivity contribution in [3.63, 3.8) is 0 Å². The number of benzene rings is 1. The fraction of sp³-hybridized carbons (Fsp3) is 0.333. The Hall–Kier alpha value is -1.96. The maximum absolute atomic E-state index is 12.8. The van der Waals surface area contributed by atoms with E-state index in [1.54, 1.807) is 13.0 Å². The number of nitriles is 1. The van der Waals surface area contributed by atoms with Crippen LogP contribution in [0.25, 0.3) is 0 Å². The Morgan fingerprint density at radius 2 is 2.18 bits per heavy atom. The SMILES string of the molecule is CCOC(=O)c1ccc(C#N)c(C(F)F)c1C. The van der Waals surface area contributed by atoms with Crippen LogP contribution in [0.15, 0.2) is 12.1 Å². The summed E-state index contributed by atoms with van der Waals surface area (Å²) in [6.07, 6.45) is -2.79. The molecule has 3 nitrogen and oxygen atoms in total. The van der Waals surface area contributed by atoms with Crippen LogP contribution in [-0.4, -0.2) is 12.6 Å². The fourth-order valence-electron chi connectivity index (χ4n) is 1.54. The molecule has 0 saturated heterocycles. The first-order chi connectivity index (χ1) is 8.02. The van der Waals surface area contributed by atoms with Crippen LogP contribution in [0.4, 0.5) is 8.78 Å². The van der Waals surface area contributed by atoms with Gasteiger partial charge in [0.05, 0.1) is 23.8 Å². The van der Waals surface area contributed by atoms with E-state index in [1.165, 1.54) is 19.1 Å². The van der Waals surface area contributed by atoms with Gasteiger partial charge in [0.15, 0.2) is 0 Å². The van der Waals surface area contributed by atoms with E-state index in [-0.39, 0.29) is 23.3 Å². The van der Waals surface area contributed by atoms with E-state index in [2.05, 4.69) is 0 Å². The highest BCUT2D eigenvalue weighted by molar-refractivity contribution is 5.91. The Kier molecular flexibility index (Phi) is 4.16. The molecule has 0 aliphatic heterocycles. The van der Waals surface area contributed by atoms with Crippen LogP contribution in [0.3, 0.4) is 0 Å². The van der Waals surface area contributed by atoms with E-state index < -0.39 is 18.0 Å². The molecule has 0 aliphatic carbocycles. The number of ether oxygens (including phenoxy) is 1. The summed E-state index contributed by atoms with van der Waals surface area (Å²) < 4.78 is 30.4. The van der Waals surface area contributed by atoms with Crippen LogP contribution in [0.5, 0.6) is 0 Å². The zero-order valence-corrected chi connectivity index (χ0v) is 9.46. The number of carbonyl (C=O) groups excluding carboxylic acids is 1. The van der Waals surface area contributed by atoms with Crippen molar-refractivity contribution in [3.8, 4) is 6.07 Å². The minimum Gasteiger partial charge on any atom is -0.462 e. The van der Waals surface area contributed by atoms with E-state index in [9.17, 15) is 13.6 Å². The Labute approximate surface area is 97.6 Å². The molecule has 0 radical (unpaired) electrons. The molecular formula is C12H11F2NO2. The number of alkyl halides is 2. The predicted octanol–water partition coefficient (Wildman–Crippen LogP) is 2.98. The van der Waals surface area contributed by atoms with Gasteiger partial charge in [0, 0.05) is 5.56 Å². The van der Waals surface area contributed by atoms with Crippen molar-refractivity contribution < 1.29 is 18.3 Å². The van der Waals surface area contributed by atoms with Crippen molar-refractivity contribution in [2.75, 3.05) is 6.61 Å². The summed E-state index contributed by atoms with van der Waals surface area (Å²) in [6.45, 7) is 3.18. The van der Waals surface area contributed by atoms with E-state index in [0.29, 0.717) is 0 Å². The van der Waals surface area contributed by atoms with E-state index in [1.807, 2.05) is 0 Å². The normalized spacial score (nSPS) is 10.1. The van der Waals surface area contributed by atoms with Gasteiger partial charge >= 0.3 is 5.97 Å². The van der Waals surface area contributed by atoms with Gasteiger partial charge in [-0.1, -0.05) is 0 Å². The van der Waals surface area contributed by atoms with Crippen molar-refractivity contribution in [1.29, 1.82) is 5.26 Å². The third kappa shape index (κ3) is 2.59. The van der Waals surface area contributed by atoms with Crippen molar-refractivity contribution >= 4 is 5.97 Å². The predicted molar refractivity (Wildman–Crippen MR) is 56.8 cm³/mol. The van der Waals surface area contributed by atoms with Crippen LogP contribution < -0.4 is 0 Å². The van der Waals surface area contributed by atoms with E-state index in [0.717, 1.165) is 0 Å². The summed E-state index contributed by atoms with van der Waals surface area (Å²) in [5.74, 6) is -0.656. The third-order valence-electron chi connectivity index (χ3n) is 2.35. The second-order valence-electron chi connectivity index (χ2n) is 3.33. The highest BCUT2D eigenvalue weighted by atomic mass is 19.3. The molecule has 0 amide bonds. The number of esters is 1. The van der Waals surface area contributed by atoms with Crippen LogP contribution in [-0.2, 0) is 4.74 Å². The van der Waals surface area contributed by atoms with Crippen LogP contribution >= 0.6 is 0 Å². The first-order valence-electron chi connectivity index (χ1n) is 5.01. The van der Waals surface area contributed by atoms with Gasteiger partial charge in [-0.2, -0.15) is 5.26 Å². The summed E-state index contributed by atoms with van der Waals surface area (Å²) in [4.78, 5) is 11.5. The Morgan fingerprint density at radius 3 is 2.65 bits per heavy atom. The minimum absolute atomic E-state index is 0.0705. The summed E-state index contributed by atoms with van der Waals surface area (Å²) in [5.41, 5.74) is -0.359. The lowest BCUT2D eigenvalue weighted by molar-refractivity contribution is 0.0525. The van der Waals surface area contributed by atoms with Gasteiger partial charge in [0.2, 0.25) is 0 Å². The minimum atomic E-state index is -2.79. The van der Waals surface area contributed by atoms with Gasteiger partial charge in [-0.25, -0.2) is 13.6 Å². The summed E-state index contributed by atoms with van der Waals surface area (Å²) in [5, 5.41) is 8.73. The monoisotopic (exact) mass is 239 g/mol. The summed E-state index contributed by atoms with van der Waals surface area (Å²) in [6, 6.07) is 4.22. The van der Waals surface area contributed by atoms with Crippen LogP contribution in [0.1, 0.15) is 40.4 Å². The van der Waals surface area contributed by atoms with Gasteiger partial charge in [0.1, 0.15) is 0 Å². The Bertz CT molecular complexity index is 478. The quantitative estimate of drug-likeness (QED) is 0.762. The van der Waals surface area contributed by atoms with Crippen molar-refractivity contribution in [3.05, 3.63) is 34.4 Å². The fourth-order valence-corrected chi connectivity index (χ4v) is 1.54. The first kappa shape index (κ1) is 13.1. The molecule has 5 heteroatoms. The molecule has 0 unspecified atom stereocenters. The zero-order chi connectivity index (χ0) is 13.0. The molecule has 1 aromatic rings. The lowest BCUT2D eigenvalue weighted by Crippen LogP contribution is -2.09. The molecule has 1 rings (SSSR count). The van der Waals surface area contributed by atoms with Gasteiger partial charge in [-0.15, -0.1) is 0 Å². The lowest BCUT2D eigenvalue weighted by Gasteiger charge is -2.11. The molecule has 0 aliphatic rings. The third-order valence-corrected chi connectivity index (χ3v) is 2.35. The molecule has 0 saturated carbocycles. The second kappa shape index (κ2) is 5.39. The van der Waals surface area contributed by atoms with Crippen molar-refractivity contribution in [2.45, 2.75) is 20.3 Å². The first-order valence-corrected chi connectivity index (χ1v) is 5.01. The molecule has 17 heavy (non-hydrogen) atoms. The second-order valence-corrected chi connectivity index (χ2v) is 3.33. The van der Waals surface area contributed by atoms with E-state index >= 15 is 0 Å². The lowest BCUT2D eigenvalue weighted by atomic mass is 9.97. The number of carbonyl (C=O) groups is 1. The highest BCUT2D eigenvalue weighted by Gasteiger charge is 2.21. The molecule has 0 atom stereocenters. The molecular weight excluding hydrogens is 228 g/mol. The van der Waals surface area contributed by atoms with E-state index in [4.69, 9.17) is 10.00 Å². The molecule has 0 spiro atoms. The summed E-state index contributed by atoms with van der Waals surface area (Å²) >= 11 is 0. The molecule has 90 valence electrons. The molecule has 0 fully saturated rings. The smallest absolute Gasteiger partial charge is 0.338 e. The molecule has 0 aromatic heterocycles. The van der Waals surface area contributed by atoms with Crippen molar-refractivity contribution in [1.82, 2.24) is 0 Å². The maximum atomic E-state index is 12.8. The van der Waals surface area contributed by atoms with Gasteiger partial charge in [-0.05, 0) is 31.5 Å². The largest absolute Gasteiger partial charge is 0.462 e.